The number of hydrogen-bond acceptors (Lipinski definition) is 2. The fraction of sp³-hybridized carbons (Fsp3) is 1.00. The van der Waals surface area contributed by atoms with Gasteiger partial charge in [0.1, 0.15) is 6.16 Å². The third-order valence-corrected chi connectivity index (χ3v) is 1.88. The summed E-state index contributed by atoms with van der Waals surface area (Å²) in [7, 11) is -2.12. The first-order valence-electron chi connectivity index (χ1n) is 3.39. The van der Waals surface area contributed by atoms with E-state index in [1.807, 2.05) is 0 Å². The molecule has 0 fully saturated rings. The molecule has 0 amide bonds. The first-order valence-corrected chi connectivity index (χ1v) is 4.75. The molecule has 0 aromatic heterocycles. The zero-order valence-electron chi connectivity index (χ0n) is 6.15. The molecule has 0 rings (SSSR count). The maximum Gasteiger partial charge on any atom is 2.00 e. The van der Waals surface area contributed by atoms with E-state index in [0.717, 1.165) is 25.7 Å². The molecular formula is C6H13FeO2P+2. The van der Waals surface area contributed by atoms with Crippen LogP contribution >= 0.6 is 8.03 Å². The Morgan fingerprint density at radius 1 is 1.30 bits per heavy atom. The van der Waals surface area contributed by atoms with Gasteiger partial charge in [0.2, 0.25) is 0 Å². The van der Waals surface area contributed by atoms with Crippen molar-refractivity contribution in [3.63, 3.8) is 0 Å². The van der Waals surface area contributed by atoms with Crippen molar-refractivity contribution in [3.05, 3.63) is 0 Å². The summed E-state index contributed by atoms with van der Waals surface area (Å²) in [5, 5.41) is 0. The molecular weight excluding hydrogens is 191 g/mol. The summed E-state index contributed by atoms with van der Waals surface area (Å²) in [6, 6.07) is 0. The van der Waals surface area contributed by atoms with E-state index in [-0.39, 0.29) is 17.1 Å². The van der Waals surface area contributed by atoms with Crippen LogP contribution in [-0.4, -0.2) is 6.16 Å². The van der Waals surface area contributed by atoms with Gasteiger partial charge in [-0.3, -0.25) is 0 Å². The van der Waals surface area contributed by atoms with E-state index < -0.39 is 8.03 Å². The standard InChI is InChI=1S/C6H13O2P.Fe/c1-2-3-4-5-6-9(7)8;/h2-6H2,1H3;/q;+2. The van der Waals surface area contributed by atoms with Gasteiger partial charge in [-0.05, 0) is 12.8 Å². The molecule has 0 spiro atoms. The molecule has 0 N–H and O–H groups in total. The average molecular weight is 204 g/mol. The Morgan fingerprint density at radius 2 is 1.90 bits per heavy atom. The van der Waals surface area contributed by atoms with Crippen LogP contribution in [0.3, 0.4) is 0 Å². The molecule has 0 aliphatic carbocycles. The summed E-state index contributed by atoms with van der Waals surface area (Å²) in [5.74, 6) is 0. The van der Waals surface area contributed by atoms with Crippen LogP contribution < -0.4 is 4.89 Å². The predicted molar refractivity (Wildman–Crippen MR) is 36.6 cm³/mol. The van der Waals surface area contributed by atoms with E-state index in [2.05, 4.69) is 6.92 Å². The van der Waals surface area contributed by atoms with E-state index in [9.17, 15) is 9.46 Å². The van der Waals surface area contributed by atoms with E-state index in [4.69, 9.17) is 0 Å². The van der Waals surface area contributed by atoms with Gasteiger partial charge in [-0.25, -0.2) is 0 Å². The molecule has 0 aromatic rings. The fourth-order valence-electron chi connectivity index (χ4n) is 0.668. The zero-order valence-corrected chi connectivity index (χ0v) is 8.15. The largest absolute Gasteiger partial charge is 2.00 e. The Morgan fingerprint density at radius 3 is 2.30 bits per heavy atom. The van der Waals surface area contributed by atoms with Crippen molar-refractivity contribution in [1.29, 1.82) is 0 Å². The third kappa shape index (κ3) is 11.4. The van der Waals surface area contributed by atoms with Crippen LogP contribution in [0, 0.1) is 0 Å². The van der Waals surface area contributed by atoms with Gasteiger partial charge in [0.25, 0.3) is 0 Å². The van der Waals surface area contributed by atoms with Gasteiger partial charge in [0.05, 0.1) is 0 Å². The molecule has 60 valence electrons. The smallest absolute Gasteiger partial charge is 0.596 e. The third-order valence-electron chi connectivity index (χ3n) is 1.19. The topological polar surface area (TPSA) is 40.1 Å². The minimum atomic E-state index is -2.12. The quantitative estimate of drug-likeness (QED) is 0.388. The Labute approximate surface area is 73.7 Å². The van der Waals surface area contributed by atoms with E-state index in [1.165, 1.54) is 0 Å². The van der Waals surface area contributed by atoms with E-state index >= 15 is 0 Å². The second-order valence-corrected chi connectivity index (χ2v) is 3.23. The first-order chi connectivity index (χ1) is 4.27. The van der Waals surface area contributed by atoms with Gasteiger partial charge < -0.3 is 4.89 Å². The normalized spacial score (nSPS) is 10.4. The maximum atomic E-state index is 10.00. The molecule has 1 atom stereocenters. The van der Waals surface area contributed by atoms with Gasteiger partial charge in [0.15, 0.2) is 0 Å². The van der Waals surface area contributed by atoms with Crippen LogP contribution in [0.25, 0.3) is 0 Å². The summed E-state index contributed by atoms with van der Waals surface area (Å²) in [4.78, 5) is 10.00. The van der Waals surface area contributed by atoms with Crippen molar-refractivity contribution in [2.24, 2.45) is 0 Å². The Hall–Kier alpha value is 0.579. The number of rotatable bonds is 5. The van der Waals surface area contributed by atoms with Crippen molar-refractivity contribution in [3.8, 4) is 0 Å². The summed E-state index contributed by atoms with van der Waals surface area (Å²) in [5.41, 5.74) is 0. The Kier molecular flexibility index (Phi) is 12.6. The molecule has 0 radical (unpaired) electrons. The van der Waals surface area contributed by atoms with Crippen molar-refractivity contribution >= 4 is 8.03 Å². The molecule has 4 heteroatoms. The van der Waals surface area contributed by atoms with Crippen LogP contribution in [0.2, 0.25) is 0 Å². The summed E-state index contributed by atoms with van der Waals surface area (Å²) >= 11 is 0. The summed E-state index contributed by atoms with van der Waals surface area (Å²) in [6.45, 7) is 2.11. The van der Waals surface area contributed by atoms with Crippen LogP contribution in [-0.2, 0) is 21.6 Å². The number of unbranched alkanes of at least 4 members (excludes halogenated alkanes) is 3. The van der Waals surface area contributed by atoms with Gasteiger partial charge in [-0.1, -0.05) is 24.3 Å². The summed E-state index contributed by atoms with van der Waals surface area (Å²) in [6.07, 6.45) is 4.58. The minimum absolute atomic E-state index is 0. The van der Waals surface area contributed by atoms with Gasteiger partial charge in [-0.15, -0.1) is 0 Å². The molecule has 0 saturated carbocycles. The fourth-order valence-corrected chi connectivity index (χ4v) is 1.15. The molecule has 2 nitrogen and oxygen atoms in total. The van der Waals surface area contributed by atoms with Crippen molar-refractivity contribution in [2.45, 2.75) is 32.6 Å². The molecule has 1 unspecified atom stereocenters. The molecule has 0 aliphatic heterocycles. The second-order valence-electron chi connectivity index (χ2n) is 2.12. The number of hydrogen-bond donors (Lipinski definition) is 0. The average Bonchev–Trinajstić information content (AvgIpc) is 1.80. The van der Waals surface area contributed by atoms with Gasteiger partial charge in [0, 0.05) is 0 Å². The van der Waals surface area contributed by atoms with Crippen LogP contribution in [0.5, 0.6) is 0 Å². The molecule has 0 saturated heterocycles. The minimum Gasteiger partial charge on any atom is -0.596 e. The van der Waals surface area contributed by atoms with E-state index in [0.29, 0.717) is 6.16 Å². The van der Waals surface area contributed by atoms with Crippen molar-refractivity contribution in [2.75, 3.05) is 6.16 Å². The molecule has 0 heterocycles. The zero-order chi connectivity index (χ0) is 7.11. The van der Waals surface area contributed by atoms with Gasteiger partial charge >= 0.3 is 25.1 Å². The molecule has 0 aliphatic rings. The Balaban J connectivity index is 0. The molecule has 0 bridgehead atoms. The Bertz CT molecular complexity index is 87.8. The van der Waals surface area contributed by atoms with Crippen LogP contribution in [0.1, 0.15) is 32.6 Å². The van der Waals surface area contributed by atoms with Gasteiger partial charge in [-0.2, -0.15) is 0 Å². The second kappa shape index (κ2) is 9.58. The summed E-state index contributed by atoms with van der Waals surface area (Å²) < 4.78 is 10.00. The predicted octanol–water partition coefficient (Wildman–Crippen LogP) is 1.67. The van der Waals surface area contributed by atoms with Crippen LogP contribution in [0.15, 0.2) is 0 Å². The van der Waals surface area contributed by atoms with Crippen molar-refractivity contribution < 1.29 is 26.5 Å². The SMILES string of the molecule is CCCCCC[P+](=O)[O-].[Fe+2]. The maximum absolute atomic E-state index is 10.00. The molecule has 10 heavy (non-hydrogen) atoms. The molecule has 0 aromatic carbocycles. The van der Waals surface area contributed by atoms with E-state index in [1.54, 1.807) is 0 Å². The van der Waals surface area contributed by atoms with Crippen molar-refractivity contribution in [1.82, 2.24) is 0 Å². The first kappa shape index (κ1) is 13.2. The van der Waals surface area contributed by atoms with Crippen LogP contribution in [0.4, 0.5) is 0 Å². The monoisotopic (exact) mass is 204 g/mol.